The van der Waals surface area contributed by atoms with E-state index in [0.717, 1.165) is 38.9 Å². The maximum atomic E-state index is 11.2. The molecule has 1 aliphatic heterocycles. The summed E-state index contributed by atoms with van der Waals surface area (Å²) in [5, 5.41) is 9.73. The molecule has 92 valence electrons. The molecule has 0 spiro atoms. The van der Waals surface area contributed by atoms with Crippen molar-refractivity contribution in [3.8, 4) is 0 Å². The van der Waals surface area contributed by atoms with Gasteiger partial charge in [-0.05, 0) is 31.6 Å². The van der Waals surface area contributed by atoms with Crippen molar-refractivity contribution >= 4 is 17.7 Å². The molecule has 0 aromatic heterocycles. The first kappa shape index (κ1) is 12.2. The van der Waals surface area contributed by atoms with Crippen molar-refractivity contribution < 1.29 is 14.6 Å². The van der Waals surface area contributed by atoms with Gasteiger partial charge in [0.2, 0.25) is 0 Å². The monoisotopic (exact) mass is 245 g/mol. The van der Waals surface area contributed by atoms with Gasteiger partial charge in [-0.2, -0.15) is 11.8 Å². The van der Waals surface area contributed by atoms with Crippen LogP contribution in [0, 0.1) is 5.92 Å². The third kappa shape index (κ3) is 2.70. The first-order chi connectivity index (χ1) is 7.63. The Kier molecular flexibility index (Phi) is 3.77. The molecule has 0 aromatic rings. The highest BCUT2D eigenvalue weighted by molar-refractivity contribution is 8.00. The van der Waals surface area contributed by atoms with Crippen LogP contribution in [0.3, 0.4) is 0 Å². The molecule has 16 heavy (non-hydrogen) atoms. The smallest absolute Gasteiger partial charge is 0.324 e. The third-order valence-corrected chi connectivity index (χ3v) is 5.02. The van der Waals surface area contributed by atoms with Crippen LogP contribution in [0.1, 0.15) is 25.7 Å². The molecule has 0 bridgehead atoms. The molecule has 3 N–H and O–H groups in total. The van der Waals surface area contributed by atoms with Gasteiger partial charge in [0.25, 0.3) is 0 Å². The molecule has 1 saturated carbocycles. The summed E-state index contributed by atoms with van der Waals surface area (Å²) < 4.78 is 5.28. The molecule has 0 radical (unpaired) electrons. The summed E-state index contributed by atoms with van der Waals surface area (Å²) in [6.07, 6.45) is 3.98. The largest absolute Gasteiger partial charge is 0.480 e. The summed E-state index contributed by atoms with van der Waals surface area (Å²) in [6, 6.07) is 0. The van der Waals surface area contributed by atoms with Gasteiger partial charge in [-0.25, -0.2) is 0 Å². The highest BCUT2D eigenvalue weighted by Gasteiger charge is 2.48. The summed E-state index contributed by atoms with van der Waals surface area (Å²) in [6.45, 7) is 1.59. The summed E-state index contributed by atoms with van der Waals surface area (Å²) >= 11 is 1.72. The number of carboxylic acids is 1. The Bertz CT molecular complexity index is 264. The maximum Gasteiger partial charge on any atom is 0.324 e. The molecule has 2 fully saturated rings. The summed E-state index contributed by atoms with van der Waals surface area (Å²) in [4.78, 5) is 11.2. The average Bonchev–Trinajstić information content (AvgIpc) is 3.11. The predicted molar refractivity (Wildman–Crippen MR) is 63.6 cm³/mol. The van der Waals surface area contributed by atoms with E-state index in [0.29, 0.717) is 11.0 Å². The van der Waals surface area contributed by atoms with Crippen LogP contribution < -0.4 is 5.73 Å². The summed E-state index contributed by atoms with van der Waals surface area (Å²) in [5.74, 6) is -0.107. The van der Waals surface area contributed by atoms with Crippen molar-refractivity contribution in [1.82, 2.24) is 0 Å². The molecule has 2 aliphatic rings. The lowest BCUT2D eigenvalue weighted by atomic mass is 9.98. The SMILES string of the molecule is NC(CSC1CCOCC1)(C(=O)O)C1CC1. The minimum atomic E-state index is -0.997. The van der Waals surface area contributed by atoms with Crippen molar-refractivity contribution in [2.45, 2.75) is 36.5 Å². The van der Waals surface area contributed by atoms with E-state index in [2.05, 4.69) is 0 Å². The average molecular weight is 245 g/mol. The lowest BCUT2D eigenvalue weighted by molar-refractivity contribution is -0.143. The molecule has 1 aliphatic carbocycles. The first-order valence-electron chi connectivity index (χ1n) is 5.84. The second-order valence-electron chi connectivity index (χ2n) is 4.74. The van der Waals surface area contributed by atoms with Crippen LogP contribution in [-0.4, -0.2) is 40.8 Å². The van der Waals surface area contributed by atoms with E-state index in [9.17, 15) is 9.90 Å². The number of rotatable bonds is 5. The van der Waals surface area contributed by atoms with Gasteiger partial charge in [-0.3, -0.25) is 4.79 Å². The van der Waals surface area contributed by atoms with Gasteiger partial charge >= 0.3 is 5.97 Å². The lowest BCUT2D eigenvalue weighted by Crippen LogP contribution is -2.52. The van der Waals surface area contributed by atoms with Crippen molar-refractivity contribution in [3.05, 3.63) is 0 Å². The number of nitrogens with two attached hydrogens (primary N) is 1. The van der Waals surface area contributed by atoms with Gasteiger partial charge < -0.3 is 15.6 Å². The predicted octanol–water partition coefficient (Wildman–Crippen LogP) is 1.09. The Morgan fingerprint density at radius 1 is 1.38 bits per heavy atom. The number of carboxylic acid groups (broad SMARTS) is 1. The van der Waals surface area contributed by atoms with E-state index in [1.807, 2.05) is 0 Å². The lowest BCUT2D eigenvalue weighted by Gasteiger charge is -2.28. The first-order valence-corrected chi connectivity index (χ1v) is 6.89. The van der Waals surface area contributed by atoms with Crippen LogP contribution in [-0.2, 0) is 9.53 Å². The van der Waals surface area contributed by atoms with Crippen molar-refractivity contribution in [3.63, 3.8) is 0 Å². The van der Waals surface area contributed by atoms with E-state index in [1.165, 1.54) is 0 Å². The Balaban J connectivity index is 1.83. The number of aliphatic carboxylic acids is 1. The maximum absolute atomic E-state index is 11.2. The van der Waals surface area contributed by atoms with E-state index >= 15 is 0 Å². The van der Waals surface area contributed by atoms with E-state index in [-0.39, 0.29) is 5.92 Å². The Hall–Kier alpha value is -0.260. The minimum absolute atomic E-state index is 0.192. The second kappa shape index (κ2) is 4.94. The molecule has 4 nitrogen and oxygen atoms in total. The normalized spacial score (nSPS) is 26.3. The van der Waals surface area contributed by atoms with E-state index in [4.69, 9.17) is 10.5 Å². The van der Waals surface area contributed by atoms with Gasteiger partial charge in [0.05, 0.1) is 0 Å². The van der Waals surface area contributed by atoms with Crippen molar-refractivity contribution in [2.24, 2.45) is 11.7 Å². The third-order valence-electron chi connectivity index (χ3n) is 3.43. The van der Waals surface area contributed by atoms with E-state index < -0.39 is 11.5 Å². The number of hydrogen-bond acceptors (Lipinski definition) is 4. The highest BCUT2D eigenvalue weighted by Crippen LogP contribution is 2.41. The molecule has 0 amide bonds. The van der Waals surface area contributed by atoms with Crippen molar-refractivity contribution in [2.75, 3.05) is 19.0 Å². The molecule has 1 atom stereocenters. The standard InChI is InChI=1S/C11H19NO3S/c12-11(10(13)14,8-1-2-8)7-16-9-3-5-15-6-4-9/h8-9H,1-7,12H2,(H,13,14). The summed E-state index contributed by atoms with van der Waals surface area (Å²) in [5.41, 5.74) is 5.01. The summed E-state index contributed by atoms with van der Waals surface area (Å²) in [7, 11) is 0. The quantitative estimate of drug-likeness (QED) is 0.758. The molecule has 0 aromatic carbocycles. The number of ether oxygens (including phenoxy) is 1. The minimum Gasteiger partial charge on any atom is -0.480 e. The Morgan fingerprint density at radius 3 is 2.50 bits per heavy atom. The number of thioether (sulfide) groups is 1. The van der Waals surface area contributed by atoms with Gasteiger partial charge in [-0.1, -0.05) is 0 Å². The molecule has 2 rings (SSSR count). The fraction of sp³-hybridized carbons (Fsp3) is 0.909. The van der Waals surface area contributed by atoms with Gasteiger partial charge in [-0.15, -0.1) is 0 Å². The van der Waals surface area contributed by atoms with Crippen LogP contribution in [0.2, 0.25) is 0 Å². The Labute approximate surface area is 99.9 Å². The van der Waals surface area contributed by atoms with Gasteiger partial charge in [0.1, 0.15) is 5.54 Å². The number of carbonyl (C=O) groups is 1. The van der Waals surface area contributed by atoms with E-state index in [1.54, 1.807) is 11.8 Å². The molecular weight excluding hydrogens is 226 g/mol. The van der Waals surface area contributed by atoms with Crippen LogP contribution >= 0.6 is 11.8 Å². The fourth-order valence-electron chi connectivity index (χ4n) is 2.05. The Morgan fingerprint density at radius 2 is 2.00 bits per heavy atom. The highest BCUT2D eigenvalue weighted by atomic mass is 32.2. The van der Waals surface area contributed by atoms with Crippen LogP contribution in [0.5, 0.6) is 0 Å². The van der Waals surface area contributed by atoms with Crippen LogP contribution in [0.25, 0.3) is 0 Å². The fourth-order valence-corrected chi connectivity index (χ4v) is 3.45. The number of hydrogen-bond donors (Lipinski definition) is 2. The van der Waals surface area contributed by atoms with Gasteiger partial charge in [0, 0.05) is 24.2 Å². The van der Waals surface area contributed by atoms with Crippen LogP contribution in [0.15, 0.2) is 0 Å². The topological polar surface area (TPSA) is 72.5 Å². The molecule has 1 saturated heterocycles. The molecular formula is C11H19NO3S. The van der Waals surface area contributed by atoms with Gasteiger partial charge in [0.15, 0.2) is 0 Å². The molecule has 1 unspecified atom stereocenters. The zero-order valence-corrected chi connectivity index (χ0v) is 10.2. The zero-order chi connectivity index (χ0) is 11.6. The molecule has 5 heteroatoms. The second-order valence-corrected chi connectivity index (χ2v) is 6.03. The van der Waals surface area contributed by atoms with Crippen molar-refractivity contribution in [1.29, 1.82) is 0 Å². The van der Waals surface area contributed by atoms with Crippen LogP contribution in [0.4, 0.5) is 0 Å². The molecule has 1 heterocycles. The zero-order valence-electron chi connectivity index (χ0n) is 9.35.